The van der Waals surface area contributed by atoms with Gasteiger partial charge in [0.15, 0.2) is 0 Å². The number of unbranched alkanes of at least 4 members (excludes halogenated alkanes) is 1. The summed E-state index contributed by atoms with van der Waals surface area (Å²) in [4.78, 5) is 3.20. The molecule has 1 aromatic carbocycles. The lowest BCUT2D eigenvalue weighted by molar-refractivity contribution is 0.628. The topological polar surface area (TPSA) is 53.8 Å². The fourth-order valence-electron chi connectivity index (χ4n) is 1.84. The first kappa shape index (κ1) is 11.2. The van der Waals surface area contributed by atoms with Gasteiger partial charge in [0.05, 0.1) is 0 Å². The van der Waals surface area contributed by atoms with Crippen molar-refractivity contribution in [2.24, 2.45) is 5.73 Å². The van der Waals surface area contributed by atoms with Crippen LogP contribution in [-0.4, -0.2) is 18.1 Å². The standard InChI is InChI=1S/C13H19N3/c14-6-1-2-7-15-10-11-3-4-13-12(9-11)5-8-16-13/h3-5,8-9,15-16H,1-2,6-7,10,14H2. The monoisotopic (exact) mass is 217 g/mol. The van der Waals surface area contributed by atoms with Crippen LogP contribution in [0.1, 0.15) is 18.4 Å². The van der Waals surface area contributed by atoms with Gasteiger partial charge in [0.25, 0.3) is 0 Å². The van der Waals surface area contributed by atoms with E-state index in [2.05, 4.69) is 34.6 Å². The van der Waals surface area contributed by atoms with E-state index >= 15 is 0 Å². The van der Waals surface area contributed by atoms with Gasteiger partial charge in [-0.1, -0.05) is 6.07 Å². The van der Waals surface area contributed by atoms with Crippen molar-refractivity contribution in [2.45, 2.75) is 19.4 Å². The van der Waals surface area contributed by atoms with E-state index in [0.717, 1.165) is 32.5 Å². The third-order valence-electron chi connectivity index (χ3n) is 2.75. The fourth-order valence-corrected chi connectivity index (χ4v) is 1.84. The van der Waals surface area contributed by atoms with Gasteiger partial charge < -0.3 is 16.0 Å². The molecule has 1 heterocycles. The van der Waals surface area contributed by atoms with Crippen LogP contribution in [0.2, 0.25) is 0 Å². The predicted molar refractivity (Wildman–Crippen MR) is 68.3 cm³/mol. The Morgan fingerprint density at radius 1 is 1.19 bits per heavy atom. The number of fused-ring (bicyclic) bond motifs is 1. The van der Waals surface area contributed by atoms with Gasteiger partial charge in [0, 0.05) is 18.3 Å². The summed E-state index contributed by atoms with van der Waals surface area (Å²) in [7, 11) is 0. The number of aromatic amines is 1. The van der Waals surface area contributed by atoms with Crippen molar-refractivity contribution < 1.29 is 0 Å². The molecule has 0 aliphatic heterocycles. The normalized spacial score (nSPS) is 11.1. The van der Waals surface area contributed by atoms with Crippen LogP contribution >= 0.6 is 0 Å². The minimum atomic E-state index is 0.789. The van der Waals surface area contributed by atoms with E-state index in [4.69, 9.17) is 5.73 Å². The molecule has 2 aromatic rings. The van der Waals surface area contributed by atoms with E-state index in [1.165, 1.54) is 16.5 Å². The maximum Gasteiger partial charge on any atom is 0.0454 e. The van der Waals surface area contributed by atoms with E-state index in [-0.39, 0.29) is 0 Å². The molecule has 0 fully saturated rings. The molecule has 3 heteroatoms. The molecule has 1 aromatic heterocycles. The summed E-state index contributed by atoms with van der Waals surface area (Å²) in [6.45, 7) is 2.77. The zero-order valence-electron chi connectivity index (χ0n) is 9.50. The van der Waals surface area contributed by atoms with Gasteiger partial charge in [0.2, 0.25) is 0 Å². The third kappa shape index (κ3) is 2.84. The molecule has 0 unspecified atom stereocenters. The first-order chi connectivity index (χ1) is 7.90. The van der Waals surface area contributed by atoms with Crippen LogP contribution in [0.5, 0.6) is 0 Å². The number of hydrogen-bond donors (Lipinski definition) is 3. The highest BCUT2D eigenvalue weighted by atomic mass is 14.8. The number of benzene rings is 1. The third-order valence-corrected chi connectivity index (χ3v) is 2.75. The highest BCUT2D eigenvalue weighted by molar-refractivity contribution is 5.79. The Balaban J connectivity index is 1.84. The molecule has 86 valence electrons. The van der Waals surface area contributed by atoms with E-state index in [1.54, 1.807) is 0 Å². The van der Waals surface area contributed by atoms with Crippen LogP contribution in [0.4, 0.5) is 0 Å². The van der Waals surface area contributed by atoms with Crippen molar-refractivity contribution >= 4 is 10.9 Å². The molecule has 0 bridgehead atoms. The van der Waals surface area contributed by atoms with Crippen molar-refractivity contribution in [3.63, 3.8) is 0 Å². The van der Waals surface area contributed by atoms with Crippen LogP contribution in [0, 0.1) is 0 Å². The zero-order valence-corrected chi connectivity index (χ0v) is 9.50. The molecule has 16 heavy (non-hydrogen) atoms. The van der Waals surface area contributed by atoms with Crippen LogP contribution < -0.4 is 11.1 Å². The average molecular weight is 217 g/mol. The van der Waals surface area contributed by atoms with E-state index in [1.807, 2.05) is 6.20 Å². The molecule has 3 nitrogen and oxygen atoms in total. The molecule has 0 spiro atoms. The molecule has 0 saturated heterocycles. The Morgan fingerprint density at radius 3 is 3.00 bits per heavy atom. The molecular weight excluding hydrogens is 198 g/mol. The predicted octanol–water partition coefficient (Wildman–Crippen LogP) is 2.00. The summed E-state index contributed by atoms with van der Waals surface area (Å²) < 4.78 is 0. The highest BCUT2D eigenvalue weighted by Crippen LogP contribution is 2.13. The van der Waals surface area contributed by atoms with Crippen LogP contribution in [0.15, 0.2) is 30.5 Å². The van der Waals surface area contributed by atoms with Gasteiger partial charge in [-0.05, 0) is 55.1 Å². The summed E-state index contributed by atoms with van der Waals surface area (Å²) in [5.74, 6) is 0. The smallest absolute Gasteiger partial charge is 0.0454 e. The lowest BCUT2D eigenvalue weighted by Gasteiger charge is -2.04. The minimum Gasteiger partial charge on any atom is -0.361 e. The Bertz CT molecular complexity index is 433. The summed E-state index contributed by atoms with van der Waals surface area (Å²) >= 11 is 0. The van der Waals surface area contributed by atoms with E-state index in [9.17, 15) is 0 Å². The number of aromatic nitrogens is 1. The van der Waals surface area contributed by atoms with Gasteiger partial charge in [-0.3, -0.25) is 0 Å². The maximum atomic E-state index is 5.44. The largest absolute Gasteiger partial charge is 0.361 e. The maximum absolute atomic E-state index is 5.44. The van der Waals surface area contributed by atoms with Crippen molar-refractivity contribution in [3.8, 4) is 0 Å². The fraction of sp³-hybridized carbons (Fsp3) is 0.385. The number of hydrogen-bond acceptors (Lipinski definition) is 2. The number of rotatable bonds is 6. The molecule has 0 aliphatic rings. The number of nitrogens with one attached hydrogen (secondary N) is 2. The summed E-state index contributed by atoms with van der Waals surface area (Å²) in [5.41, 5.74) is 7.98. The zero-order chi connectivity index (χ0) is 11.2. The van der Waals surface area contributed by atoms with Crippen molar-refractivity contribution in [1.29, 1.82) is 0 Å². The second-order valence-electron chi connectivity index (χ2n) is 4.07. The molecule has 0 atom stereocenters. The van der Waals surface area contributed by atoms with Gasteiger partial charge in [0.1, 0.15) is 0 Å². The number of nitrogens with two attached hydrogens (primary N) is 1. The molecule has 0 aliphatic carbocycles. The second-order valence-corrected chi connectivity index (χ2v) is 4.07. The molecule has 2 rings (SSSR count). The first-order valence-electron chi connectivity index (χ1n) is 5.87. The van der Waals surface area contributed by atoms with Crippen LogP contribution in [0.25, 0.3) is 10.9 Å². The van der Waals surface area contributed by atoms with Crippen molar-refractivity contribution in [1.82, 2.24) is 10.3 Å². The Kier molecular flexibility index (Phi) is 3.97. The lowest BCUT2D eigenvalue weighted by Crippen LogP contribution is -2.15. The number of H-pyrrole nitrogens is 1. The Hall–Kier alpha value is -1.32. The van der Waals surface area contributed by atoms with Crippen molar-refractivity contribution in [2.75, 3.05) is 13.1 Å². The lowest BCUT2D eigenvalue weighted by atomic mass is 10.1. The van der Waals surface area contributed by atoms with Gasteiger partial charge in [-0.2, -0.15) is 0 Å². The quantitative estimate of drug-likeness (QED) is 0.648. The SMILES string of the molecule is NCCCCNCc1ccc2[nH]ccc2c1. The molecule has 0 amide bonds. The minimum absolute atomic E-state index is 0.789. The van der Waals surface area contributed by atoms with Gasteiger partial charge in [-0.25, -0.2) is 0 Å². The Labute approximate surface area is 96.0 Å². The summed E-state index contributed by atoms with van der Waals surface area (Å²) in [6.07, 6.45) is 4.23. The highest BCUT2D eigenvalue weighted by Gasteiger charge is 1.96. The Morgan fingerprint density at radius 2 is 2.12 bits per heavy atom. The summed E-state index contributed by atoms with van der Waals surface area (Å²) in [6, 6.07) is 8.62. The van der Waals surface area contributed by atoms with Gasteiger partial charge in [-0.15, -0.1) is 0 Å². The summed E-state index contributed by atoms with van der Waals surface area (Å²) in [5, 5.41) is 4.71. The van der Waals surface area contributed by atoms with E-state index < -0.39 is 0 Å². The molecule has 0 saturated carbocycles. The van der Waals surface area contributed by atoms with Crippen LogP contribution in [0.3, 0.4) is 0 Å². The van der Waals surface area contributed by atoms with Gasteiger partial charge >= 0.3 is 0 Å². The molecule has 0 radical (unpaired) electrons. The first-order valence-corrected chi connectivity index (χ1v) is 5.87. The average Bonchev–Trinajstić information content (AvgIpc) is 2.76. The van der Waals surface area contributed by atoms with E-state index in [0.29, 0.717) is 0 Å². The molecule has 4 N–H and O–H groups in total. The second kappa shape index (κ2) is 5.68. The van der Waals surface area contributed by atoms with Crippen molar-refractivity contribution in [3.05, 3.63) is 36.0 Å². The molecular formula is C13H19N3. The van der Waals surface area contributed by atoms with Crippen LogP contribution in [-0.2, 0) is 6.54 Å².